The van der Waals surface area contributed by atoms with E-state index in [4.69, 9.17) is 0 Å². The number of rotatable bonds is 6. The molecule has 1 rings (SSSR count). The Bertz CT molecular complexity index is 194. The molecule has 4 N–H and O–H groups in total. The molecule has 4 atom stereocenters. The van der Waals surface area contributed by atoms with Crippen LogP contribution < -0.4 is 5.32 Å². The van der Waals surface area contributed by atoms with E-state index in [2.05, 4.69) is 12.2 Å². The predicted octanol–water partition coefficient (Wildman–Crippen LogP) is -0.0357. The zero-order valence-electron chi connectivity index (χ0n) is 9.80. The minimum absolute atomic E-state index is 0.0903. The second kappa shape index (κ2) is 7.50. The summed E-state index contributed by atoms with van der Waals surface area (Å²) in [4.78, 5) is 0. The Hall–Kier alpha value is 0.190. The van der Waals surface area contributed by atoms with Gasteiger partial charge in [0.2, 0.25) is 0 Å². The number of hydrogen-bond acceptors (Lipinski definition) is 5. The van der Waals surface area contributed by atoms with Crippen LogP contribution in [0.3, 0.4) is 0 Å². The summed E-state index contributed by atoms with van der Waals surface area (Å²) in [5.41, 5.74) is 0. The summed E-state index contributed by atoms with van der Waals surface area (Å²) in [5, 5.41) is 31.6. The van der Waals surface area contributed by atoms with Crippen LogP contribution in [0.4, 0.5) is 0 Å². The van der Waals surface area contributed by atoms with Crippen LogP contribution in [-0.4, -0.2) is 57.7 Å². The van der Waals surface area contributed by atoms with E-state index in [9.17, 15) is 15.3 Å². The maximum atomic E-state index is 9.73. The second-order valence-corrected chi connectivity index (χ2v) is 5.54. The molecule has 16 heavy (non-hydrogen) atoms. The van der Waals surface area contributed by atoms with Crippen LogP contribution >= 0.6 is 11.8 Å². The first-order valence-electron chi connectivity index (χ1n) is 6.02. The fourth-order valence-corrected chi connectivity index (χ4v) is 2.93. The van der Waals surface area contributed by atoms with Gasteiger partial charge < -0.3 is 20.6 Å². The highest BCUT2D eigenvalue weighted by Crippen LogP contribution is 2.16. The number of aliphatic hydroxyl groups excluding tert-OH is 3. The molecule has 1 aliphatic rings. The minimum atomic E-state index is -1.01. The van der Waals surface area contributed by atoms with Crippen LogP contribution in [0.25, 0.3) is 0 Å². The highest BCUT2D eigenvalue weighted by molar-refractivity contribution is 7.99. The minimum Gasteiger partial charge on any atom is -0.389 e. The Labute approximate surface area is 101 Å². The third kappa shape index (κ3) is 4.22. The van der Waals surface area contributed by atoms with E-state index in [1.54, 1.807) is 0 Å². The van der Waals surface area contributed by atoms with E-state index in [0.717, 1.165) is 17.9 Å². The van der Waals surface area contributed by atoms with Gasteiger partial charge in [0.15, 0.2) is 0 Å². The maximum Gasteiger partial charge on any atom is 0.108 e. The molecule has 0 aromatic carbocycles. The van der Waals surface area contributed by atoms with Crippen molar-refractivity contribution < 1.29 is 15.3 Å². The standard InChI is InChI=1S/C11H23NO3S/c1-2-3-5-16-6-4-8-10(14)11(15)9(13)7-12-8/h8-15H,2-7H2,1H3/t8-,9-,10+,11+/m1/s1. The molecule has 0 spiro atoms. The predicted molar refractivity (Wildman–Crippen MR) is 66.7 cm³/mol. The van der Waals surface area contributed by atoms with E-state index >= 15 is 0 Å². The summed E-state index contributed by atoms with van der Waals surface area (Å²) in [7, 11) is 0. The number of piperidine rings is 1. The second-order valence-electron chi connectivity index (χ2n) is 4.32. The van der Waals surface area contributed by atoms with Crippen molar-refractivity contribution in [2.45, 2.75) is 50.5 Å². The zero-order chi connectivity index (χ0) is 12.0. The summed E-state index contributed by atoms with van der Waals surface area (Å²) in [6.07, 6.45) is 0.565. The molecule has 1 saturated heterocycles. The number of unbranched alkanes of at least 4 members (excludes halogenated alkanes) is 1. The molecule has 0 radical (unpaired) electrons. The zero-order valence-corrected chi connectivity index (χ0v) is 10.6. The van der Waals surface area contributed by atoms with Gasteiger partial charge in [-0.15, -0.1) is 0 Å². The van der Waals surface area contributed by atoms with Crippen molar-refractivity contribution in [3.8, 4) is 0 Å². The lowest BCUT2D eigenvalue weighted by Crippen LogP contribution is -2.59. The smallest absolute Gasteiger partial charge is 0.108 e. The Morgan fingerprint density at radius 3 is 2.62 bits per heavy atom. The number of β-amino-alcohol motifs (C(OH)–C–C–N with tert-alkyl or cyclic N) is 1. The Balaban J connectivity index is 2.16. The maximum absolute atomic E-state index is 9.73. The monoisotopic (exact) mass is 249 g/mol. The Kier molecular flexibility index (Phi) is 6.68. The molecule has 96 valence electrons. The van der Waals surface area contributed by atoms with Crippen molar-refractivity contribution in [3.63, 3.8) is 0 Å². The summed E-state index contributed by atoms with van der Waals surface area (Å²) in [6, 6.07) is -0.0903. The van der Waals surface area contributed by atoms with Gasteiger partial charge in [0, 0.05) is 12.6 Å². The van der Waals surface area contributed by atoms with Crippen LogP contribution in [0.1, 0.15) is 26.2 Å². The van der Waals surface area contributed by atoms with Crippen molar-refractivity contribution >= 4 is 11.8 Å². The average molecular weight is 249 g/mol. The Morgan fingerprint density at radius 1 is 1.19 bits per heavy atom. The summed E-state index contributed by atoms with van der Waals surface area (Å²) in [6.45, 7) is 2.53. The number of thioether (sulfide) groups is 1. The van der Waals surface area contributed by atoms with Crippen LogP contribution in [0.15, 0.2) is 0 Å². The average Bonchev–Trinajstić information content (AvgIpc) is 2.28. The van der Waals surface area contributed by atoms with E-state index in [0.29, 0.717) is 6.54 Å². The van der Waals surface area contributed by atoms with Crippen molar-refractivity contribution in [2.75, 3.05) is 18.1 Å². The van der Waals surface area contributed by atoms with E-state index in [1.165, 1.54) is 12.8 Å². The first-order valence-corrected chi connectivity index (χ1v) is 7.17. The van der Waals surface area contributed by atoms with E-state index < -0.39 is 18.3 Å². The lowest BCUT2D eigenvalue weighted by molar-refractivity contribution is -0.0941. The molecule has 1 heterocycles. The van der Waals surface area contributed by atoms with Gasteiger partial charge in [-0.2, -0.15) is 11.8 Å². The van der Waals surface area contributed by atoms with Crippen molar-refractivity contribution in [1.82, 2.24) is 5.32 Å². The molecule has 0 bridgehead atoms. The SMILES string of the molecule is CCCCSCC[C@H]1NC[C@@H](O)[C@H](O)[C@H]1O. The molecule has 0 aliphatic carbocycles. The lowest BCUT2D eigenvalue weighted by Gasteiger charge is -2.36. The number of hydrogen-bond donors (Lipinski definition) is 4. The molecular formula is C11H23NO3S. The van der Waals surface area contributed by atoms with Gasteiger partial charge in [0.05, 0.1) is 12.2 Å². The first-order chi connectivity index (χ1) is 7.66. The van der Waals surface area contributed by atoms with Gasteiger partial charge in [-0.05, 0) is 24.3 Å². The molecular weight excluding hydrogens is 226 g/mol. The number of nitrogens with one attached hydrogen (secondary N) is 1. The first kappa shape index (κ1) is 14.3. The van der Waals surface area contributed by atoms with Crippen LogP contribution in [0.2, 0.25) is 0 Å². The normalized spacial score (nSPS) is 35.2. The molecule has 0 aromatic rings. The molecule has 0 saturated carbocycles. The largest absolute Gasteiger partial charge is 0.389 e. The quantitative estimate of drug-likeness (QED) is 0.497. The van der Waals surface area contributed by atoms with Crippen LogP contribution in [0, 0.1) is 0 Å². The lowest BCUT2D eigenvalue weighted by atomic mass is 9.94. The molecule has 1 fully saturated rings. The van der Waals surface area contributed by atoms with E-state index in [1.807, 2.05) is 11.8 Å². The van der Waals surface area contributed by atoms with Gasteiger partial charge in [-0.1, -0.05) is 13.3 Å². The van der Waals surface area contributed by atoms with Crippen LogP contribution in [-0.2, 0) is 0 Å². The van der Waals surface area contributed by atoms with Gasteiger partial charge in [-0.25, -0.2) is 0 Å². The molecule has 4 nitrogen and oxygen atoms in total. The summed E-state index contributed by atoms with van der Waals surface area (Å²) in [5.74, 6) is 2.14. The van der Waals surface area contributed by atoms with Gasteiger partial charge in [0.1, 0.15) is 6.10 Å². The molecule has 1 aliphatic heterocycles. The van der Waals surface area contributed by atoms with Gasteiger partial charge in [0.25, 0.3) is 0 Å². The third-order valence-corrected chi connectivity index (χ3v) is 4.06. The Morgan fingerprint density at radius 2 is 1.94 bits per heavy atom. The third-order valence-electron chi connectivity index (χ3n) is 2.96. The molecule has 0 amide bonds. The fraction of sp³-hybridized carbons (Fsp3) is 1.00. The molecule has 0 aromatic heterocycles. The molecule has 0 unspecified atom stereocenters. The van der Waals surface area contributed by atoms with E-state index in [-0.39, 0.29) is 6.04 Å². The highest BCUT2D eigenvalue weighted by atomic mass is 32.2. The fourth-order valence-electron chi connectivity index (χ4n) is 1.81. The van der Waals surface area contributed by atoms with Crippen LogP contribution in [0.5, 0.6) is 0 Å². The highest BCUT2D eigenvalue weighted by Gasteiger charge is 2.35. The van der Waals surface area contributed by atoms with Gasteiger partial charge in [-0.3, -0.25) is 0 Å². The summed E-state index contributed by atoms with van der Waals surface area (Å²) < 4.78 is 0. The van der Waals surface area contributed by atoms with Gasteiger partial charge >= 0.3 is 0 Å². The topological polar surface area (TPSA) is 72.7 Å². The number of aliphatic hydroxyl groups is 3. The van der Waals surface area contributed by atoms with Crippen molar-refractivity contribution in [1.29, 1.82) is 0 Å². The summed E-state index contributed by atoms with van der Waals surface area (Å²) >= 11 is 1.88. The van der Waals surface area contributed by atoms with Crippen molar-refractivity contribution in [3.05, 3.63) is 0 Å². The van der Waals surface area contributed by atoms with Crippen molar-refractivity contribution in [2.24, 2.45) is 0 Å². The molecule has 5 heteroatoms.